The van der Waals surface area contributed by atoms with Crippen molar-refractivity contribution in [1.82, 2.24) is 0 Å². The first-order valence-electron chi connectivity index (χ1n) is 13.9. The van der Waals surface area contributed by atoms with Crippen molar-refractivity contribution >= 4 is 24.7 Å². The quantitative estimate of drug-likeness (QED) is 0.248. The van der Waals surface area contributed by atoms with Crippen LogP contribution in [0.5, 0.6) is 0 Å². The molecule has 0 N–H and O–H groups in total. The lowest BCUT2D eigenvalue weighted by molar-refractivity contribution is -0.300. The van der Waals surface area contributed by atoms with Crippen molar-refractivity contribution in [2.75, 3.05) is 19.8 Å². The Labute approximate surface area is 234 Å². The molecule has 4 rings (SSSR count). The molecule has 0 bridgehead atoms. The van der Waals surface area contributed by atoms with Crippen LogP contribution in [0.15, 0.2) is 91.0 Å². The third-order valence-electron chi connectivity index (χ3n) is 7.41. The predicted octanol–water partition coefficient (Wildman–Crippen LogP) is 5.51. The van der Waals surface area contributed by atoms with E-state index in [1.165, 1.54) is 10.4 Å². The van der Waals surface area contributed by atoms with Gasteiger partial charge in [0.15, 0.2) is 5.79 Å². The molecule has 5 nitrogen and oxygen atoms in total. The van der Waals surface area contributed by atoms with E-state index in [0.717, 1.165) is 5.56 Å². The topological polar surface area (TPSA) is 54.0 Å². The maximum absolute atomic E-state index is 12.6. The van der Waals surface area contributed by atoms with Crippen LogP contribution in [0.3, 0.4) is 0 Å². The van der Waals surface area contributed by atoms with Gasteiger partial charge in [0, 0.05) is 12.3 Å². The average molecular weight is 547 g/mol. The first-order chi connectivity index (χ1) is 18.6. The minimum absolute atomic E-state index is 0.128. The van der Waals surface area contributed by atoms with E-state index in [9.17, 15) is 4.79 Å². The van der Waals surface area contributed by atoms with E-state index in [1.807, 2.05) is 56.3 Å². The van der Waals surface area contributed by atoms with Crippen molar-refractivity contribution in [3.8, 4) is 0 Å². The van der Waals surface area contributed by atoms with Gasteiger partial charge < -0.3 is 18.6 Å². The first-order valence-corrected chi connectivity index (χ1v) is 15.8. The van der Waals surface area contributed by atoms with Crippen molar-refractivity contribution in [3.63, 3.8) is 0 Å². The van der Waals surface area contributed by atoms with Crippen LogP contribution in [-0.4, -0.2) is 46.0 Å². The summed E-state index contributed by atoms with van der Waals surface area (Å²) in [6.45, 7) is 11.7. The minimum atomic E-state index is -2.73. The van der Waals surface area contributed by atoms with Gasteiger partial charge in [-0.3, -0.25) is 4.79 Å². The summed E-state index contributed by atoms with van der Waals surface area (Å²) in [5.74, 6) is -1.08. The van der Waals surface area contributed by atoms with E-state index in [0.29, 0.717) is 26.1 Å². The lowest BCUT2D eigenvalue weighted by Crippen LogP contribution is -2.67. The summed E-state index contributed by atoms with van der Waals surface area (Å²) in [5, 5.41) is 2.30. The third-order valence-corrected chi connectivity index (χ3v) is 12.4. The first kappa shape index (κ1) is 29.2. The molecular weight excluding hydrogens is 504 g/mol. The fourth-order valence-electron chi connectivity index (χ4n) is 5.37. The number of ether oxygens (including phenoxy) is 3. The van der Waals surface area contributed by atoms with Gasteiger partial charge in [-0.2, -0.15) is 0 Å². The van der Waals surface area contributed by atoms with Crippen molar-refractivity contribution in [2.24, 2.45) is 5.92 Å². The molecule has 0 saturated carbocycles. The Hall–Kier alpha value is -2.77. The molecule has 1 heterocycles. The summed E-state index contributed by atoms with van der Waals surface area (Å²) >= 11 is 0. The molecule has 1 fully saturated rings. The molecule has 3 aromatic carbocycles. The Balaban J connectivity index is 1.52. The maximum atomic E-state index is 12.6. The Kier molecular flexibility index (Phi) is 9.44. The molecule has 0 radical (unpaired) electrons. The van der Waals surface area contributed by atoms with Gasteiger partial charge in [0.1, 0.15) is 0 Å². The molecule has 3 aromatic rings. The summed E-state index contributed by atoms with van der Waals surface area (Å²) in [6, 6.07) is 31.2. The summed E-state index contributed by atoms with van der Waals surface area (Å²) in [7, 11) is -2.73. The van der Waals surface area contributed by atoms with Crippen LogP contribution in [0.2, 0.25) is 5.04 Å². The van der Waals surface area contributed by atoms with E-state index in [4.69, 9.17) is 18.6 Å². The zero-order valence-corrected chi connectivity index (χ0v) is 24.9. The molecule has 0 aromatic heterocycles. The number of esters is 1. The third kappa shape index (κ3) is 7.25. The smallest absolute Gasteiger partial charge is 0.306 e. The lowest BCUT2D eigenvalue weighted by atomic mass is 10.0. The Morgan fingerprint density at radius 1 is 0.872 bits per heavy atom. The molecule has 2 atom stereocenters. The highest BCUT2D eigenvalue weighted by atomic mass is 28.4. The fraction of sp³-hybridized carbons (Fsp3) is 0.424. The zero-order chi connectivity index (χ0) is 27.9. The lowest BCUT2D eigenvalue weighted by Gasteiger charge is -2.46. The SMILES string of the molecule is CC1(C)OCC(COC(=O)CCc2ccccc2)C(CO[Si](c2ccccc2)(c2ccccc2)C(C)(C)C)O1. The van der Waals surface area contributed by atoms with Crippen molar-refractivity contribution < 1.29 is 23.4 Å². The van der Waals surface area contributed by atoms with Gasteiger partial charge >= 0.3 is 5.97 Å². The van der Waals surface area contributed by atoms with E-state index in [-0.39, 0.29) is 29.6 Å². The molecule has 208 valence electrons. The standard InChI is InChI=1S/C33H42O5Si/c1-32(2,3)39(28-17-11-7-12-18-28,29-19-13-8-14-20-29)37-25-30-27(24-36-33(4,5)38-30)23-35-31(34)22-21-26-15-9-6-10-16-26/h6-20,27,30H,21-25H2,1-5H3. The van der Waals surface area contributed by atoms with Crippen LogP contribution in [0, 0.1) is 5.92 Å². The van der Waals surface area contributed by atoms with Gasteiger partial charge in [-0.15, -0.1) is 0 Å². The van der Waals surface area contributed by atoms with Crippen LogP contribution in [0.4, 0.5) is 0 Å². The van der Waals surface area contributed by atoms with Crippen LogP contribution < -0.4 is 10.4 Å². The highest BCUT2D eigenvalue weighted by Gasteiger charge is 2.51. The molecule has 0 aliphatic carbocycles. The van der Waals surface area contributed by atoms with E-state index in [2.05, 4.69) is 69.3 Å². The molecule has 1 saturated heterocycles. The maximum Gasteiger partial charge on any atom is 0.306 e. The summed E-state index contributed by atoms with van der Waals surface area (Å²) < 4.78 is 25.3. The number of carbonyl (C=O) groups is 1. The average Bonchev–Trinajstić information content (AvgIpc) is 2.92. The normalized spacial score (nSPS) is 19.4. The number of aryl methyl sites for hydroxylation is 1. The van der Waals surface area contributed by atoms with Crippen LogP contribution >= 0.6 is 0 Å². The summed E-state index contributed by atoms with van der Waals surface area (Å²) in [4.78, 5) is 12.6. The molecular formula is C33H42O5Si. The predicted molar refractivity (Wildman–Crippen MR) is 158 cm³/mol. The van der Waals surface area contributed by atoms with Gasteiger partial charge in [-0.1, -0.05) is 112 Å². The monoisotopic (exact) mass is 546 g/mol. The Morgan fingerprint density at radius 3 is 1.95 bits per heavy atom. The fourth-order valence-corrected chi connectivity index (χ4v) is 9.94. The van der Waals surface area contributed by atoms with Gasteiger partial charge in [-0.05, 0) is 41.2 Å². The molecule has 1 aliphatic rings. The number of rotatable bonds is 10. The number of carbonyl (C=O) groups excluding carboxylic acids is 1. The van der Waals surface area contributed by atoms with Crippen LogP contribution in [-0.2, 0) is 29.9 Å². The summed E-state index contributed by atoms with van der Waals surface area (Å²) in [6.07, 6.45) is 0.718. The summed E-state index contributed by atoms with van der Waals surface area (Å²) in [5.41, 5.74) is 1.12. The Bertz CT molecular complexity index is 1140. The van der Waals surface area contributed by atoms with Gasteiger partial charge in [0.05, 0.1) is 25.9 Å². The van der Waals surface area contributed by atoms with E-state index >= 15 is 0 Å². The molecule has 0 amide bonds. The number of benzene rings is 3. The molecule has 1 aliphatic heterocycles. The molecule has 6 heteroatoms. The molecule has 39 heavy (non-hydrogen) atoms. The van der Waals surface area contributed by atoms with Crippen molar-refractivity contribution in [1.29, 1.82) is 0 Å². The highest BCUT2D eigenvalue weighted by Crippen LogP contribution is 2.38. The van der Waals surface area contributed by atoms with Gasteiger partial charge in [0.25, 0.3) is 8.32 Å². The van der Waals surface area contributed by atoms with Crippen molar-refractivity contribution in [3.05, 3.63) is 96.6 Å². The zero-order valence-electron chi connectivity index (χ0n) is 23.9. The second-order valence-corrected chi connectivity index (χ2v) is 16.1. The highest BCUT2D eigenvalue weighted by molar-refractivity contribution is 6.99. The minimum Gasteiger partial charge on any atom is -0.465 e. The number of hydrogen-bond acceptors (Lipinski definition) is 5. The van der Waals surface area contributed by atoms with E-state index in [1.54, 1.807) is 0 Å². The Morgan fingerprint density at radius 2 is 1.41 bits per heavy atom. The van der Waals surface area contributed by atoms with Gasteiger partial charge in [-0.25, -0.2) is 0 Å². The second-order valence-electron chi connectivity index (χ2n) is 11.8. The van der Waals surface area contributed by atoms with Gasteiger partial charge in [0.2, 0.25) is 0 Å². The van der Waals surface area contributed by atoms with E-state index < -0.39 is 14.1 Å². The molecule has 2 unspecified atom stereocenters. The van der Waals surface area contributed by atoms with Crippen LogP contribution in [0.25, 0.3) is 0 Å². The molecule has 0 spiro atoms. The van der Waals surface area contributed by atoms with Crippen molar-refractivity contribution in [2.45, 2.75) is 64.4 Å². The largest absolute Gasteiger partial charge is 0.465 e. The van der Waals surface area contributed by atoms with Crippen LogP contribution in [0.1, 0.15) is 46.6 Å². The second kappa shape index (κ2) is 12.6. The number of hydrogen-bond donors (Lipinski definition) is 0.